The number of rotatable bonds is 15. The van der Waals surface area contributed by atoms with Crippen LogP contribution in [0.15, 0.2) is 130 Å². The van der Waals surface area contributed by atoms with Gasteiger partial charge in [-0.1, -0.05) is 93.8 Å². The molecule has 6 aromatic carbocycles. The fourth-order valence-electron chi connectivity index (χ4n) is 5.66. The maximum absolute atomic E-state index is 10.6. The van der Waals surface area contributed by atoms with Gasteiger partial charge in [-0.05, 0) is 60.3 Å². The van der Waals surface area contributed by atoms with Crippen LogP contribution in [0.2, 0.25) is 0 Å². The van der Waals surface area contributed by atoms with Gasteiger partial charge in [-0.25, -0.2) is 0 Å². The summed E-state index contributed by atoms with van der Waals surface area (Å²) in [6.07, 6.45) is 6.17. The van der Waals surface area contributed by atoms with Gasteiger partial charge in [0, 0.05) is 53.5 Å². The minimum Gasteiger partial charge on any atom is -0.506 e. The topological polar surface area (TPSA) is 252 Å². The van der Waals surface area contributed by atoms with E-state index >= 15 is 0 Å². The van der Waals surface area contributed by atoms with E-state index in [1.165, 1.54) is 62.1 Å². The predicted octanol–water partition coefficient (Wildman–Crippen LogP) is 11.8. The Kier molecular flexibility index (Phi) is 19.5. The van der Waals surface area contributed by atoms with Gasteiger partial charge >= 0.3 is 1.43 Å². The molecule has 1 unspecified atom stereocenters. The second kappa shape index (κ2) is 24.4. The Morgan fingerprint density at radius 1 is 0.650 bits per heavy atom. The van der Waals surface area contributed by atoms with Gasteiger partial charge in [-0.2, -0.15) is 0 Å². The van der Waals surface area contributed by atoms with Gasteiger partial charge in [-0.3, -0.25) is 20.2 Å². The molecule has 6 N–H and O–H groups in total. The van der Waals surface area contributed by atoms with E-state index in [0.29, 0.717) is 10.8 Å². The molecular weight excluding hydrogens is 811 g/mol. The third kappa shape index (κ3) is 13.8. The Labute approximate surface area is 358 Å². The number of phenolic OH excluding ortho intramolecular Hbond substituents is 4. The maximum Gasteiger partial charge on any atom is 1.00 e. The molecule has 0 saturated carbocycles. The number of hydrogen-bond donors (Lipinski definition) is 5. The Balaban J connectivity index is 0.000000324. The molecule has 0 aliphatic rings. The summed E-state index contributed by atoms with van der Waals surface area (Å²) in [7, 11) is 0. The van der Waals surface area contributed by atoms with Crippen molar-refractivity contribution in [2.45, 2.75) is 46.0 Å². The summed E-state index contributed by atoms with van der Waals surface area (Å²) in [5.41, 5.74) is 5.57. The molecule has 0 spiro atoms. The second-order valence-corrected chi connectivity index (χ2v) is 13.2. The fraction of sp³-hybridized carbons (Fsp3) is 0.256. The summed E-state index contributed by atoms with van der Waals surface area (Å²) in [6.45, 7) is 6.98. The fourth-order valence-corrected chi connectivity index (χ4v) is 5.66. The van der Waals surface area contributed by atoms with Gasteiger partial charge < -0.3 is 30.9 Å². The van der Waals surface area contributed by atoms with Crippen molar-refractivity contribution in [1.29, 1.82) is 0 Å². The molecule has 6 rings (SSSR count). The third-order valence-corrected chi connectivity index (χ3v) is 9.00. The van der Waals surface area contributed by atoms with Crippen molar-refractivity contribution in [3.63, 3.8) is 0 Å². The number of non-ortho nitro benzene ring substituents is 2. The summed E-state index contributed by atoms with van der Waals surface area (Å²) in [5, 5.41) is 79.7. The zero-order valence-electron chi connectivity index (χ0n) is 34.1. The van der Waals surface area contributed by atoms with Gasteiger partial charge in [-0.15, -0.1) is 20.5 Å². The largest absolute Gasteiger partial charge is 1.00 e. The van der Waals surface area contributed by atoms with Crippen LogP contribution in [0.3, 0.4) is 0 Å². The Hall–Kier alpha value is -6.51. The summed E-state index contributed by atoms with van der Waals surface area (Å²) < 4.78 is 5.54. The van der Waals surface area contributed by atoms with Crippen LogP contribution in [0.1, 0.15) is 47.4 Å². The molecule has 0 aliphatic carbocycles. The van der Waals surface area contributed by atoms with Gasteiger partial charge in [0.2, 0.25) is 0 Å². The predicted molar refractivity (Wildman–Crippen MR) is 228 cm³/mol. The zero-order valence-corrected chi connectivity index (χ0v) is 34.4. The molecule has 60 heavy (non-hydrogen) atoms. The third-order valence-electron chi connectivity index (χ3n) is 9.00. The van der Waals surface area contributed by atoms with Crippen molar-refractivity contribution in [3.05, 3.63) is 129 Å². The van der Waals surface area contributed by atoms with Crippen LogP contribution in [-0.4, -0.2) is 50.0 Å². The molecule has 0 bridgehead atoms. The number of nitrogens with zero attached hydrogens (tertiary/aromatic N) is 6. The van der Waals surface area contributed by atoms with Gasteiger partial charge in [0.05, 0.1) is 22.0 Å². The standard InChI is InChI=1S/2C16H11N3O4.C11H25NO.Cr/c2*20-14-8-5-10-3-1-2-4-12(10)16(14)18-17-13-7-6-11(19(22)23)9-15(13)21;1-3-5-7-11(4-2)10-13-9-6-8-12;/h2*1-9,20-21H;11H,3-10,12H2,1-2H3;/p+1. The van der Waals surface area contributed by atoms with Crippen LogP contribution < -0.4 is 5.73 Å². The molecule has 0 saturated heterocycles. The molecule has 1 atom stereocenters. The van der Waals surface area contributed by atoms with Crippen molar-refractivity contribution in [2.75, 3.05) is 19.8 Å². The van der Waals surface area contributed by atoms with Gasteiger partial charge in [0.15, 0.2) is 0 Å². The zero-order chi connectivity index (χ0) is 42.7. The van der Waals surface area contributed by atoms with Crippen molar-refractivity contribution in [1.82, 2.24) is 0 Å². The number of aromatic hydroxyl groups is 4. The van der Waals surface area contributed by atoms with Gasteiger partial charge in [0.1, 0.15) is 45.7 Å². The summed E-state index contributed by atoms with van der Waals surface area (Å²) in [5.74, 6) is -0.0502. The number of unbranched alkanes of at least 4 members (excludes halogenated alkanes) is 1. The van der Waals surface area contributed by atoms with E-state index in [-0.39, 0.29) is 75.9 Å². The van der Waals surface area contributed by atoms with E-state index in [9.17, 15) is 40.7 Å². The van der Waals surface area contributed by atoms with E-state index in [1.807, 2.05) is 36.4 Å². The molecule has 0 heterocycles. The molecule has 0 fully saturated rings. The maximum atomic E-state index is 10.6. The molecule has 0 amide bonds. The Morgan fingerprint density at radius 2 is 1.12 bits per heavy atom. The summed E-state index contributed by atoms with van der Waals surface area (Å²) in [4.78, 5) is 20.1. The first-order valence-electron chi connectivity index (χ1n) is 18.9. The molecule has 0 aromatic heterocycles. The van der Waals surface area contributed by atoms with E-state index in [2.05, 4.69) is 34.3 Å². The van der Waals surface area contributed by atoms with Crippen LogP contribution in [0.5, 0.6) is 23.0 Å². The van der Waals surface area contributed by atoms with E-state index in [1.54, 1.807) is 24.3 Å². The first-order valence-corrected chi connectivity index (χ1v) is 18.9. The molecule has 0 aliphatic heterocycles. The molecule has 6 aromatic rings. The average molecular weight is 859 g/mol. The van der Waals surface area contributed by atoms with Crippen molar-refractivity contribution in [2.24, 2.45) is 32.1 Å². The second-order valence-electron chi connectivity index (χ2n) is 13.2. The first-order chi connectivity index (χ1) is 28.5. The number of nitro groups is 2. The number of nitrogens with two attached hydrogens (primary N) is 1. The average Bonchev–Trinajstić information content (AvgIpc) is 3.24. The number of hydrogen-bond acceptors (Lipinski definition) is 14. The smallest absolute Gasteiger partial charge is 0.506 e. The van der Waals surface area contributed by atoms with Crippen LogP contribution in [-0.2, 0) is 22.1 Å². The van der Waals surface area contributed by atoms with Crippen molar-refractivity contribution < 1.29 is 53.8 Å². The molecule has 17 heteroatoms. The van der Waals surface area contributed by atoms with Gasteiger partial charge in [0.25, 0.3) is 11.4 Å². The minimum atomic E-state index is -0.614. The van der Waals surface area contributed by atoms with Crippen LogP contribution in [0.4, 0.5) is 34.1 Å². The summed E-state index contributed by atoms with van der Waals surface area (Å²) >= 11 is 0. The minimum absolute atomic E-state index is 0. The number of ether oxygens (including phenoxy) is 1. The number of nitro benzene ring substituents is 2. The number of benzene rings is 6. The first kappa shape index (κ1) is 47.9. The molecule has 0 radical (unpaired) electrons. The number of fused-ring (bicyclic) bond motifs is 2. The molecular formula is C43H48CrN7O9+. The SMILES string of the molecule is CCCCC(CC)COCCCN.O=[N+]([O-])c1ccc(N=Nc2c(O)ccc3ccccc23)c(O)c1.O=[N+]([O-])c1ccc(N=Nc2c(O)ccc3ccccc23)c(O)c1.[Cr].[H+]. The van der Waals surface area contributed by atoms with Crippen LogP contribution >= 0.6 is 0 Å². The van der Waals surface area contributed by atoms with Crippen molar-refractivity contribution in [3.8, 4) is 23.0 Å². The van der Waals surface area contributed by atoms with E-state index in [0.717, 1.165) is 55.0 Å². The molecule has 314 valence electrons. The van der Waals surface area contributed by atoms with E-state index in [4.69, 9.17) is 10.5 Å². The monoisotopic (exact) mass is 858 g/mol. The Morgan fingerprint density at radius 3 is 1.52 bits per heavy atom. The van der Waals surface area contributed by atoms with E-state index < -0.39 is 9.85 Å². The van der Waals surface area contributed by atoms with Crippen molar-refractivity contribution >= 4 is 55.7 Å². The quantitative estimate of drug-likeness (QED) is 0.0282. The molecule has 16 nitrogen and oxygen atoms in total. The summed E-state index contributed by atoms with van der Waals surface area (Å²) in [6, 6.07) is 28.2. The number of phenols is 4. The Bertz CT molecular complexity index is 2270. The van der Waals surface area contributed by atoms with Crippen LogP contribution in [0.25, 0.3) is 21.5 Å². The van der Waals surface area contributed by atoms with Crippen LogP contribution in [0, 0.1) is 26.1 Å². The number of azo groups is 2. The normalized spacial score (nSPS) is 11.4.